The highest BCUT2D eigenvalue weighted by Crippen LogP contribution is 2.27. The van der Waals surface area contributed by atoms with Crippen LogP contribution < -0.4 is 0 Å². The summed E-state index contributed by atoms with van der Waals surface area (Å²) in [6, 6.07) is 0. The predicted molar refractivity (Wildman–Crippen MR) is 58.4 cm³/mol. The first kappa shape index (κ1) is 10.9. The van der Waals surface area contributed by atoms with Gasteiger partial charge in [-0.15, -0.1) is 11.3 Å². The molecule has 2 atom stereocenters. The molecule has 1 aromatic rings. The second-order valence-electron chi connectivity index (χ2n) is 3.27. The molecule has 0 saturated carbocycles. The van der Waals surface area contributed by atoms with E-state index in [-0.39, 0.29) is 6.10 Å². The molecule has 0 radical (unpaired) electrons. The third-order valence-corrected chi connectivity index (χ3v) is 4.28. The molecule has 1 saturated heterocycles. The van der Waals surface area contributed by atoms with Gasteiger partial charge in [-0.3, -0.25) is 0 Å². The largest absolute Gasteiger partial charge is 0.479 e. The Bertz CT molecular complexity index is 328. The number of carboxylic acids is 1. The molecule has 1 aliphatic heterocycles. The van der Waals surface area contributed by atoms with Gasteiger partial charge in [0.05, 0.1) is 6.10 Å². The lowest BCUT2D eigenvalue weighted by atomic mass is 10.2. The van der Waals surface area contributed by atoms with E-state index in [0.29, 0.717) is 6.42 Å². The maximum Gasteiger partial charge on any atom is 0.332 e. The molecule has 0 aromatic carbocycles. The van der Waals surface area contributed by atoms with Gasteiger partial charge in [0.25, 0.3) is 0 Å². The maximum absolute atomic E-state index is 10.6. The van der Waals surface area contributed by atoms with Crippen LogP contribution in [0.4, 0.5) is 0 Å². The Balaban J connectivity index is 1.75. The Hall–Kier alpha value is -0.590. The number of ether oxygens (including phenoxy) is 1. The number of carbonyl (C=O) groups is 1. The summed E-state index contributed by atoms with van der Waals surface area (Å²) in [5.41, 5.74) is 0. The number of thioether (sulfide) groups is 1. The zero-order chi connectivity index (χ0) is 10.7. The van der Waals surface area contributed by atoms with Gasteiger partial charge in [-0.2, -0.15) is 0 Å². The fourth-order valence-electron chi connectivity index (χ4n) is 1.46. The van der Waals surface area contributed by atoms with Crippen LogP contribution in [0, 0.1) is 0 Å². The van der Waals surface area contributed by atoms with Crippen molar-refractivity contribution in [1.29, 1.82) is 0 Å². The molecule has 1 aromatic heterocycles. The number of aliphatic carboxylic acids is 1. The Kier molecular flexibility index (Phi) is 3.61. The smallest absolute Gasteiger partial charge is 0.332 e. The van der Waals surface area contributed by atoms with Crippen LogP contribution in [0.15, 0.2) is 15.9 Å². The van der Waals surface area contributed by atoms with Crippen molar-refractivity contribution in [2.24, 2.45) is 0 Å². The van der Waals surface area contributed by atoms with Gasteiger partial charge in [0.15, 0.2) is 6.10 Å². The van der Waals surface area contributed by atoms with Gasteiger partial charge in [-0.05, 0) is 12.8 Å². The van der Waals surface area contributed by atoms with Crippen LogP contribution in [0.2, 0.25) is 0 Å². The summed E-state index contributed by atoms with van der Waals surface area (Å²) in [5.74, 6) is -0.0613. The average molecular weight is 245 g/mol. The van der Waals surface area contributed by atoms with Gasteiger partial charge >= 0.3 is 5.97 Å². The highest BCUT2D eigenvalue weighted by atomic mass is 32.2. The molecular weight excluding hydrogens is 234 g/mol. The predicted octanol–water partition coefficient (Wildman–Crippen LogP) is 1.87. The number of aromatic nitrogens is 1. The third kappa shape index (κ3) is 2.93. The van der Waals surface area contributed by atoms with Crippen LogP contribution >= 0.6 is 23.1 Å². The van der Waals surface area contributed by atoms with Gasteiger partial charge in [-0.25, -0.2) is 9.78 Å². The molecule has 15 heavy (non-hydrogen) atoms. The first-order valence-corrected chi connectivity index (χ1v) is 6.53. The minimum absolute atomic E-state index is 0.0556. The van der Waals surface area contributed by atoms with Crippen LogP contribution in [-0.2, 0) is 9.53 Å². The van der Waals surface area contributed by atoms with E-state index in [1.807, 2.05) is 5.38 Å². The number of carboxylic acid groups (broad SMARTS) is 1. The highest BCUT2D eigenvalue weighted by Gasteiger charge is 2.30. The van der Waals surface area contributed by atoms with Crippen molar-refractivity contribution in [3.63, 3.8) is 0 Å². The number of rotatable bonds is 4. The SMILES string of the molecule is O=C(O)C1CCC(CSc2nccs2)O1. The minimum atomic E-state index is -0.850. The van der Waals surface area contributed by atoms with Crippen LogP contribution in [-0.4, -0.2) is 34.0 Å². The summed E-state index contributed by atoms with van der Waals surface area (Å²) in [5, 5.41) is 10.7. The van der Waals surface area contributed by atoms with Crippen LogP contribution in [0.1, 0.15) is 12.8 Å². The fourth-order valence-corrected chi connectivity index (χ4v) is 3.17. The Morgan fingerprint density at radius 3 is 3.20 bits per heavy atom. The zero-order valence-electron chi connectivity index (χ0n) is 7.96. The quantitative estimate of drug-likeness (QED) is 0.821. The van der Waals surface area contributed by atoms with Crippen LogP contribution in [0.3, 0.4) is 0 Å². The zero-order valence-corrected chi connectivity index (χ0v) is 9.59. The van der Waals surface area contributed by atoms with Gasteiger partial charge in [0, 0.05) is 17.3 Å². The molecular formula is C9H11NO3S2. The van der Waals surface area contributed by atoms with Crippen molar-refractivity contribution in [2.45, 2.75) is 29.4 Å². The van der Waals surface area contributed by atoms with E-state index in [2.05, 4.69) is 4.98 Å². The van der Waals surface area contributed by atoms with E-state index in [0.717, 1.165) is 16.5 Å². The van der Waals surface area contributed by atoms with Crippen LogP contribution in [0.5, 0.6) is 0 Å². The van der Waals surface area contributed by atoms with Gasteiger partial charge < -0.3 is 9.84 Å². The van der Waals surface area contributed by atoms with Gasteiger partial charge in [-0.1, -0.05) is 11.8 Å². The number of hydrogen-bond donors (Lipinski definition) is 1. The molecule has 6 heteroatoms. The molecule has 2 heterocycles. The summed E-state index contributed by atoms with van der Waals surface area (Å²) >= 11 is 3.22. The first-order valence-electron chi connectivity index (χ1n) is 4.66. The molecule has 82 valence electrons. The molecule has 0 aliphatic carbocycles. The van der Waals surface area contributed by atoms with Crippen LogP contribution in [0.25, 0.3) is 0 Å². The van der Waals surface area contributed by atoms with E-state index in [9.17, 15) is 4.79 Å². The normalized spacial score (nSPS) is 25.6. The van der Waals surface area contributed by atoms with Crippen molar-refractivity contribution in [3.8, 4) is 0 Å². The molecule has 0 amide bonds. The molecule has 1 N–H and O–H groups in total. The van der Waals surface area contributed by atoms with Crippen molar-refractivity contribution in [2.75, 3.05) is 5.75 Å². The van der Waals surface area contributed by atoms with Crippen molar-refractivity contribution in [3.05, 3.63) is 11.6 Å². The third-order valence-electron chi connectivity index (χ3n) is 2.19. The summed E-state index contributed by atoms with van der Waals surface area (Å²) in [6.07, 6.45) is 2.67. The van der Waals surface area contributed by atoms with Crippen molar-refractivity contribution in [1.82, 2.24) is 4.98 Å². The van der Waals surface area contributed by atoms with Gasteiger partial charge in [0.1, 0.15) is 4.34 Å². The maximum atomic E-state index is 10.6. The molecule has 2 unspecified atom stereocenters. The minimum Gasteiger partial charge on any atom is -0.479 e. The fraction of sp³-hybridized carbons (Fsp3) is 0.556. The summed E-state index contributed by atoms with van der Waals surface area (Å²) in [6.45, 7) is 0. The summed E-state index contributed by atoms with van der Waals surface area (Å²) in [7, 11) is 0. The Labute approximate surface area is 95.7 Å². The summed E-state index contributed by atoms with van der Waals surface area (Å²) < 4.78 is 6.39. The van der Waals surface area contributed by atoms with Gasteiger partial charge in [0.2, 0.25) is 0 Å². The molecule has 0 bridgehead atoms. The Morgan fingerprint density at radius 2 is 2.60 bits per heavy atom. The number of nitrogens with zero attached hydrogens (tertiary/aromatic N) is 1. The molecule has 1 aliphatic rings. The van der Waals surface area contributed by atoms with Crippen molar-refractivity contribution >= 4 is 29.1 Å². The van der Waals surface area contributed by atoms with E-state index in [1.165, 1.54) is 0 Å². The topological polar surface area (TPSA) is 59.4 Å². The lowest BCUT2D eigenvalue weighted by Gasteiger charge is -2.09. The average Bonchev–Trinajstić information content (AvgIpc) is 2.86. The van der Waals surface area contributed by atoms with E-state index in [1.54, 1.807) is 29.3 Å². The Morgan fingerprint density at radius 1 is 1.73 bits per heavy atom. The highest BCUT2D eigenvalue weighted by molar-refractivity contribution is 8.01. The lowest BCUT2D eigenvalue weighted by molar-refractivity contribution is -0.148. The van der Waals surface area contributed by atoms with E-state index >= 15 is 0 Å². The molecule has 1 fully saturated rings. The molecule has 0 spiro atoms. The van der Waals surface area contributed by atoms with E-state index in [4.69, 9.17) is 9.84 Å². The molecule has 4 nitrogen and oxygen atoms in total. The summed E-state index contributed by atoms with van der Waals surface area (Å²) in [4.78, 5) is 14.8. The second kappa shape index (κ2) is 4.96. The number of hydrogen-bond acceptors (Lipinski definition) is 5. The lowest BCUT2D eigenvalue weighted by Crippen LogP contribution is -2.21. The second-order valence-corrected chi connectivity index (χ2v) is 5.43. The monoisotopic (exact) mass is 245 g/mol. The van der Waals surface area contributed by atoms with E-state index < -0.39 is 12.1 Å². The number of thiazole rings is 1. The van der Waals surface area contributed by atoms with Crippen molar-refractivity contribution < 1.29 is 14.6 Å². The standard InChI is InChI=1S/C9H11NO3S2/c11-8(12)7-2-1-6(13-7)5-15-9-10-3-4-14-9/h3-4,6-7H,1-2,5H2,(H,11,12). The first-order chi connectivity index (χ1) is 7.25. The molecule has 2 rings (SSSR count).